The van der Waals surface area contributed by atoms with E-state index >= 15 is 0 Å². The van der Waals surface area contributed by atoms with Gasteiger partial charge in [-0.2, -0.15) is 6.07 Å². The Bertz CT molecular complexity index is 1330. The molecule has 0 spiro atoms. The summed E-state index contributed by atoms with van der Waals surface area (Å²) in [6, 6.07) is 19.3. The van der Waals surface area contributed by atoms with E-state index in [0.29, 0.717) is 35.3 Å². The monoisotopic (exact) mass is 703 g/mol. The number of halogens is 2. The summed E-state index contributed by atoms with van der Waals surface area (Å²) in [6.45, 7) is 5.02. The fourth-order valence-corrected chi connectivity index (χ4v) is 3.13. The van der Waals surface area contributed by atoms with Gasteiger partial charge in [-0.3, -0.25) is 0 Å². The van der Waals surface area contributed by atoms with Crippen molar-refractivity contribution < 1.29 is 43.1 Å². The Morgan fingerprint density at radius 1 is 1.24 bits per heavy atom. The molecular weight excluding hydrogens is 680 g/mol. The van der Waals surface area contributed by atoms with Crippen molar-refractivity contribution in [2.75, 3.05) is 5.73 Å². The Labute approximate surface area is 249 Å². The summed E-state index contributed by atoms with van der Waals surface area (Å²) in [4.78, 5) is 14.5. The summed E-state index contributed by atoms with van der Waals surface area (Å²) >= 11 is 14.2. The molecule has 0 atom stereocenters. The minimum absolute atomic E-state index is 0.507. The first kappa shape index (κ1) is 33.2. The van der Waals surface area contributed by atoms with E-state index < -0.39 is 0 Å². The third kappa shape index (κ3) is 12.2. The average molecular weight is 703 g/mol. The van der Waals surface area contributed by atoms with Gasteiger partial charge in [-0.1, -0.05) is 42.4 Å². The molecule has 4 aromatic rings. The molecule has 3 aromatic heterocycles. The molecule has 38 heavy (non-hydrogen) atoms. The molecule has 0 radical (unpaired) electrons. The molecule has 0 unspecified atom stereocenters. The molecule has 0 aliphatic carbocycles. The van der Waals surface area contributed by atoms with Gasteiger partial charge in [0.2, 0.25) is 5.88 Å². The molecule has 0 saturated heterocycles. The van der Waals surface area contributed by atoms with Crippen LogP contribution in [0.1, 0.15) is 16.8 Å². The summed E-state index contributed by atoms with van der Waals surface area (Å²) in [7, 11) is 0. The van der Waals surface area contributed by atoms with E-state index in [0.717, 1.165) is 34.5 Å². The zero-order valence-corrected chi connectivity index (χ0v) is 25.1. The number of H-pyrrole nitrogens is 1. The Hall–Kier alpha value is -2.79. The van der Waals surface area contributed by atoms with Gasteiger partial charge in [0, 0.05) is 28.5 Å². The maximum atomic E-state index is 8.26. The van der Waals surface area contributed by atoms with E-state index in [1.54, 1.807) is 18.3 Å². The van der Waals surface area contributed by atoms with Crippen LogP contribution in [0.5, 0.6) is 11.6 Å². The van der Waals surface area contributed by atoms with E-state index in [2.05, 4.69) is 65.7 Å². The van der Waals surface area contributed by atoms with Crippen LogP contribution in [-0.4, -0.2) is 20.2 Å². The van der Waals surface area contributed by atoms with Crippen molar-refractivity contribution in [2.45, 2.75) is 13.3 Å². The van der Waals surface area contributed by atoms with Crippen LogP contribution in [0, 0.1) is 17.8 Å². The number of rotatable bonds is 2. The van der Waals surface area contributed by atoms with Crippen molar-refractivity contribution in [2.24, 2.45) is 0 Å². The molecule has 0 fully saturated rings. The second-order valence-electron chi connectivity index (χ2n) is 6.80. The summed E-state index contributed by atoms with van der Waals surface area (Å²) < 4.78 is 15.4. The molecule has 1 aliphatic heterocycles. The van der Waals surface area contributed by atoms with Crippen LogP contribution in [0.2, 0.25) is 5.15 Å². The molecule has 4 N–H and O–H groups in total. The number of anilines is 1. The van der Waals surface area contributed by atoms with Gasteiger partial charge in [0.1, 0.15) is 17.2 Å². The quantitative estimate of drug-likeness (QED) is 0.0334. The van der Waals surface area contributed by atoms with Crippen molar-refractivity contribution in [3.05, 3.63) is 117 Å². The van der Waals surface area contributed by atoms with Crippen LogP contribution in [-0.2, 0) is 39.5 Å². The van der Waals surface area contributed by atoms with Crippen molar-refractivity contribution in [1.29, 1.82) is 0 Å². The van der Waals surface area contributed by atoms with Gasteiger partial charge in [-0.15, -0.1) is 24.5 Å². The number of aryl methyl sites for hydroxylation is 1. The molecule has 0 amide bonds. The Morgan fingerprint density at radius 3 is 2.50 bits per heavy atom. The van der Waals surface area contributed by atoms with Crippen molar-refractivity contribution in [3.63, 3.8) is 0 Å². The number of pyridine rings is 3. The molecule has 0 bridgehead atoms. The number of nitrogens with two attached hydrogens (primary N) is 1. The summed E-state index contributed by atoms with van der Waals surface area (Å²) in [5, 5.41) is 10.9. The molecule has 13 heteroatoms. The predicted octanol–water partition coefficient (Wildman–Crippen LogP) is 7.14. The van der Waals surface area contributed by atoms with Gasteiger partial charge in [0.15, 0.2) is 0 Å². The molecular formula is C25H23BrClMoN4O5S-. The molecule has 0 saturated carbocycles. The average Bonchev–Trinajstić information content (AvgIpc) is 2.93. The van der Waals surface area contributed by atoms with Crippen LogP contribution < -0.4 is 10.5 Å². The number of benzene rings is 1. The third-order valence-electron chi connectivity index (χ3n) is 4.26. The number of nitrogens with zero attached hydrogens (tertiary/aromatic N) is 2. The summed E-state index contributed by atoms with van der Waals surface area (Å²) in [6.07, 6.45) is 6.21. The predicted molar refractivity (Wildman–Crippen MR) is 146 cm³/mol. The van der Waals surface area contributed by atoms with E-state index in [9.17, 15) is 0 Å². The summed E-state index contributed by atoms with van der Waals surface area (Å²) in [5.41, 5.74) is 9.35. The van der Waals surface area contributed by atoms with Gasteiger partial charge < -0.3 is 20.3 Å². The van der Waals surface area contributed by atoms with Crippen molar-refractivity contribution >= 4 is 45.4 Å². The number of hydrogen-bond donors (Lipinski definition) is 3. The van der Waals surface area contributed by atoms with Crippen LogP contribution in [0.15, 0.2) is 84.2 Å². The fourth-order valence-electron chi connectivity index (χ4n) is 2.63. The number of aromatic nitrogens is 3. The van der Waals surface area contributed by atoms with Crippen molar-refractivity contribution in [3.8, 4) is 11.6 Å². The number of ether oxygens (including phenoxy) is 1. The Morgan fingerprint density at radius 2 is 1.97 bits per heavy atom. The van der Waals surface area contributed by atoms with Gasteiger partial charge in [0.05, 0.1) is 4.47 Å². The molecule has 1 aromatic carbocycles. The van der Waals surface area contributed by atoms with E-state index in [4.69, 9.17) is 42.9 Å². The molecule has 200 valence electrons. The zero-order chi connectivity index (χ0) is 28.3. The maximum absolute atomic E-state index is 8.26. The first-order chi connectivity index (χ1) is 18.3. The standard InChI is InChI=1S/C13H11NO.C5H3BrClN.C5H5N2S.C2H4O3.Mo.O/c1-9-6-7-11-8-10-4-2-3-5-12(10)15-13(11)14-9;6-4-2-1-3-8-5(4)7;6-4-2-1-3-7-5(4)8;1-2-4-5-3;;/h2-7H,8H2,1H3;1-3H;1-2H,6H2,(H,7,8);2-3H,1H2;;/q;;-1;;;. The van der Waals surface area contributed by atoms with Gasteiger partial charge in [-0.25, -0.2) is 15.2 Å². The van der Waals surface area contributed by atoms with Crippen LogP contribution in [0.4, 0.5) is 5.69 Å². The molecule has 4 heterocycles. The molecule has 5 rings (SSSR count). The third-order valence-corrected chi connectivity index (χ3v) is 5.76. The normalized spacial score (nSPS) is 9.79. The van der Waals surface area contributed by atoms with E-state index in [-0.39, 0.29) is 0 Å². The van der Waals surface area contributed by atoms with Gasteiger partial charge in [-0.05, 0) is 63.4 Å². The van der Waals surface area contributed by atoms with E-state index in [1.165, 1.54) is 11.1 Å². The molecule has 1 aliphatic rings. The SMILES string of the molecule is C=COOO.Cc1ccc2c(n1)Oc1ccccc1C2.Clc1ncccc1Br.Nc1cc[c-][nH]c1=S.[O]=[Mo]. The van der Waals surface area contributed by atoms with Crippen LogP contribution >= 0.6 is 39.7 Å². The summed E-state index contributed by atoms with van der Waals surface area (Å²) in [5.74, 6) is 1.69. The fraction of sp³-hybridized carbons (Fsp3) is 0.0800. The topological polar surface area (TPSA) is 133 Å². The first-order valence-corrected chi connectivity index (χ1v) is 12.8. The minimum atomic E-state index is 0.507. The zero-order valence-electron chi connectivity index (χ0n) is 20.0. The van der Waals surface area contributed by atoms with Gasteiger partial charge >= 0.3 is 23.2 Å². The van der Waals surface area contributed by atoms with Gasteiger partial charge in [0.25, 0.3) is 0 Å². The number of fused-ring (bicyclic) bond motifs is 2. The number of nitrogens with one attached hydrogen (secondary N) is 1. The number of para-hydroxylation sites is 1. The van der Waals surface area contributed by atoms with E-state index in [1.807, 2.05) is 43.3 Å². The first-order valence-electron chi connectivity index (χ1n) is 10.4. The number of nitrogen functional groups attached to an aromatic ring is 1. The second-order valence-corrected chi connectivity index (χ2v) is 8.42. The van der Waals surface area contributed by atoms with Crippen LogP contribution in [0.25, 0.3) is 0 Å². The molecule has 9 nitrogen and oxygen atoms in total. The van der Waals surface area contributed by atoms with Crippen molar-refractivity contribution in [1.82, 2.24) is 15.0 Å². The Kier molecular flexibility index (Phi) is 16.9. The Balaban J connectivity index is 0.000000270. The number of aromatic amines is 1. The number of hydrogen-bond acceptors (Lipinski definition) is 9. The van der Waals surface area contributed by atoms with Crippen LogP contribution in [0.3, 0.4) is 0 Å². The second kappa shape index (κ2) is 19.3.